The largest absolute Gasteiger partial charge is 0.428 e. The summed E-state index contributed by atoms with van der Waals surface area (Å²) < 4.78 is 9.90. The first-order valence-corrected chi connectivity index (χ1v) is 3.08. The zero-order chi connectivity index (χ0) is 6.85. The van der Waals surface area contributed by atoms with Crippen LogP contribution in [0.2, 0.25) is 0 Å². The van der Waals surface area contributed by atoms with Crippen LogP contribution in [-0.2, 0) is 9.47 Å². The minimum Gasteiger partial charge on any atom is -0.428 e. The second kappa shape index (κ2) is 2.31. The minimum atomic E-state index is 0.308. The molecule has 0 radical (unpaired) electrons. The minimum absolute atomic E-state index is 0.308. The van der Waals surface area contributed by atoms with Crippen molar-refractivity contribution in [2.24, 2.45) is 0 Å². The number of ether oxygens (including phenoxy) is 2. The number of allylic oxidation sites excluding steroid dienone is 2. The normalized spacial score (nSPS) is 17.8. The number of hydrogen-bond acceptors (Lipinski definition) is 2. The Morgan fingerprint density at radius 2 is 2.22 bits per heavy atom. The summed E-state index contributed by atoms with van der Waals surface area (Å²) >= 11 is 5.46. The molecule has 1 aliphatic rings. The fourth-order valence-electron chi connectivity index (χ4n) is 0.579. The van der Waals surface area contributed by atoms with E-state index in [-0.39, 0.29) is 0 Å². The third kappa shape index (κ3) is 1.19. The molecule has 2 nitrogen and oxygen atoms in total. The van der Waals surface area contributed by atoms with Crippen LogP contribution in [-0.4, -0.2) is 5.88 Å². The van der Waals surface area contributed by atoms with Crippen LogP contribution in [0, 0.1) is 0 Å². The second-order valence-electron chi connectivity index (χ2n) is 1.69. The Balaban J connectivity index is 2.69. The zero-order valence-electron chi connectivity index (χ0n) is 5.11. The van der Waals surface area contributed by atoms with E-state index in [1.807, 2.05) is 0 Å². The van der Waals surface area contributed by atoms with Gasteiger partial charge in [-0.25, -0.2) is 0 Å². The lowest BCUT2D eigenvalue weighted by Crippen LogP contribution is -1.83. The molecule has 9 heavy (non-hydrogen) atoms. The molecule has 0 aliphatic carbocycles. The van der Waals surface area contributed by atoms with Gasteiger partial charge < -0.3 is 9.47 Å². The van der Waals surface area contributed by atoms with Crippen LogP contribution >= 0.6 is 11.6 Å². The van der Waals surface area contributed by atoms with Crippen molar-refractivity contribution in [3.63, 3.8) is 0 Å². The van der Waals surface area contributed by atoms with Crippen LogP contribution in [0.4, 0.5) is 0 Å². The lowest BCUT2D eigenvalue weighted by Gasteiger charge is -1.92. The highest BCUT2D eigenvalue weighted by Crippen LogP contribution is 2.23. The number of halogens is 1. The fraction of sp³-hybridized carbons (Fsp3) is 0.333. The highest BCUT2D eigenvalue weighted by molar-refractivity contribution is 6.19. The second-order valence-corrected chi connectivity index (χ2v) is 1.96. The molecule has 0 spiro atoms. The summed E-state index contributed by atoms with van der Waals surface area (Å²) in [6.07, 6.45) is 0. The molecule has 0 atom stereocenters. The molecule has 0 aromatic rings. The highest BCUT2D eigenvalue weighted by atomic mass is 35.5. The van der Waals surface area contributed by atoms with Crippen LogP contribution in [0.15, 0.2) is 24.0 Å². The lowest BCUT2D eigenvalue weighted by atomic mass is 10.5. The molecule has 3 heteroatoms. The third-order valence-electron chi connectivity index (χ3n) is 1.02. The Hall–Kier alpha value is -0.630. The summed E-state index contributed by atoms with van der Waals surface area (Å²) in [5.41, 5.74) is 0. The van der Waals surface area contributed by atoms with E-state index in [9.17, 15) is 0 Å². The van der Waals surface area contributed by atoms with Crippen molar-refractivity contribution in [3.05, 3.63) is 24.0 Å². The standard InChI is InChI=1S/C6H7ClO2/c1-4-6(3-7)9-5(2)8-4/h2-3H2,1H3. The van der Waals surface area contributed by atoms with E-state index in [4.69, 9.17) is 21.1 Å². The van der Waals surface area contributed by atoms with Crippen LogP contribution in [0.5, 0.6) is 0 Å². The maximum atomic E-state index is 5.46. The Morgan fingerprint density at radius 3 is 2.44 bits per heavy atom. The van der Waals surface area contributed by atoms with Crippen molar-refractivity contribution in [2.75, 3.05) is 5.88 Å². The quantitative estimate of drug-likeness (QED) is 0.527. The number of hydrogen-bond donors (Lipinski definition) is 0. The number of rotatable bonds is 1. The Kier molecular flexibility index (Phi) is 1.67. The third-order valence-corrected chi connectivity index (χ3v) is 1.26. The van der Waals surface area contributed by atoms with E-state index in [1.54, 1.807) is 6.92 Å². The molecule has 1 rings (SSSR count). The first-order chi connectivity index (χ1) is 4.24. The summed E-state index contributed by atoms with van der Waals surface area (Å²) in [4.78, 5) is 0. The van der Waals surface area contributed by atoms with E-state index < -0.39 is 0 Å². The highest BCUT2D eigenvalue weighted by Gasteiger charge is 2.15. The van der Waals surface area contributed by atoms with Gasteiger partial charge >= 0.3 is 0 Å². The van der Waals surface area contributed by atoms with Gasteiger partial charge in [-0.1, -0.05) is 0 Å². The van der Waals surface area contributed by atoms with Gasteiger partial charge in [-0.3, -0.25) is 0 Å². The van der Waals surface area contributed by atoms with E-state index in [2.05, 4.69) is 6.58 Å². The monoisotopic (exact) mass is 146 g/mol. The predicted octanol–water partition coefficient (Wildman–Crippen LogP) is 1.97. The van der Waals surface area contributed by atoms with Crippen LogP contribution in [0.1, 0.15) is 6.92 Å². The molecule has 0 aromatic heterocycles. The van der Waals surface area contributed by atoms with Gasteiger partial charge in [-0.15, -0.1) is 11.6 Å². The molecule has 0 bridgehead atoms. The Labute approximate surface area is 58.7 Å². The van der Waals surface area contributed by atoms with Gasteiger partial charge in [-0.05, 0) is 13.5 Å². The molecule has 0 aromatic carbocycles. The molecule has 50 valence electrons. The Morgan fingerprint density at radius 1 is 1.56 bits per heavy atom. The van der Waals surface area contributed by atoms with Gasteiger partial charge in [0.05, 0.1) is 5.88 Å². The fourth-order valence-corrected chi connectivity index (χ4v) is 0.822. The van der Waals surface area contributed by atoms with E-state index in [0.717, 1.165) is 0 Å². The zero-order valence-corrected chi connectivity index (χ0v) is 5.86. The van der Waals surface area contributed by atoms with Gasteiger partial charge in [0.2, 0.25) is 0 Å². The van der Waals surface area contributed by atoms with Gasteiger partial charge in [0.15, 0.2) is 5.76 Å². The van der Waals surface area contributed by atoms with Crippen molar-refractivity contribution in [3.8, 4) is 0 Å². The molecule has 0 saturated carbocycles. The van der Waals surface area contributed by atoms with E-state index >= 15 is 0 Å². The maximum absolute atomic E-state index is 5.46. The van der Waals surface area contributed by atoms with Crippen LogP contribution in [0.25, 0.3) is 0 Å². The predicted molar refractivity (Wildman–Crippen MR) is 34.7 cm³/mol. The summed E-state index contributed by atoms with van der Waals surface area (Å²) in [6, 6.07) is 0. The molecule has 1 heterocycles. The molecule has 0 saturated heterocycles. The van der Waals surface area contributed by atoms with E-state index in [1.165, 1.54) is 0 Å². The molecule has 0 amide bonds. The summed E-state index contributed by atoms with van der Waals surface area (Å²) in [5, 5.41) is 0. The van der Waals surface area contributed by atoms with Crippen LogP contribution < -0.4 is 0 Å². The summed E-state index contributed by atoms with van der Waals surface area (Å²) in [6.45, 7) is 5.25. The van der Waals surface area contributed by atoms with Crippen molar-refractivity contribution in [1.29, 1.82) is 0 Å². The van der Waals surface area contributed by atoms with Gasteiger partial charge in [0.25, 0.3) is 5.95 Å². The Bertz CT molecular complexity index is 172. The first-order valence-electron chi connectivity index (χ1n) is 2.54. The number of alkyl halides is 1. The van der Waals surface area contributed by atoms with Gasteiger partial charge in [-0.2, -0.15) is 0 Å². The molecular formula is C6H7ClO2. The van der Waals surface area contributed by atoms with E-state index in [0.29, 0.717) is 23.3 Å². The first kappa shape index (κ1) is 6.49. The van der Waals surface area contributed by atoms with Crippen molar-refractivity contribution in [2.45, 2.75) is 6.92 Å². The molecular weight excluding hydrogens is 140 g/mol. The lowest BCUT2D eigenvalue weighted by molar-refractivity contribution is 0.181. The van der Waals surface area contributed by atoms with Crippen molar-refractivity contribution < 1.29 is 9.47 Å². The smallest absolute Gasteiger partial charge is 0.282 e. The summed E-state index contributed by atoms with van der Waals surface area (Å²) in [5.74, 6) is 2.00. The molecule has 0 unspecified atom stereocenters. The topological polar surface area (TPSA) is 18.5 Å². The molecule has 1 aliphatic heterocycles. The van der Waals surface area contributed by atoms with Crippen LogP contribution in [0.3, 0.4) is 0 Å². The average Bonchev–Trinajstić information content (AvgIpc) is 2.10. The summed E-state index contributed by atoms with van der Waals surface area (Å²) in [7, 11) is 0. The van der Waals surface area contributed by atoms with Crippen molar-refractivity contribution in [1.82, 2.24) is 0 Å². The SMILES string of the molecule is C=C1OC(C)=C(CCl)O1. The van der Waals surface area contributed by atoms with Gasteiger partial charge in [0, 0.05) is 0 Å². The average molecular weight is 147 g/mol. The molecule has 0 N–H and O–H groups in total. The van der Waals surface area contributed by atoms with Crippen molar-refractivity contribution >= 4 is 11.6 Å². The van der Waals surface area contributed by atoms with Gasteiger partial charge in [0.1, 0.15) is 5.76 Å². The maximum Gasteiger partial charge on any atom is 0.282 e. The molecule has 0 fully saturated rings.